The highest BCUT2D eigenvalue weighted by Gasteiger charge is 2.10. The Labute approximate surface area is 109 Å². The number of aromatic nitrogens is 1. The van der Waals surface area contributed by atoms with Crippen molar-refractivity contribution in [3.63, 3.8) is 0 Å². The number of aryl methyl sites for hydroxylation is 1. The highest BCUT2D eigenvalue weighted by Crippen LogP contribution is 2.17. The van der Waals surface area contributed by atoms with Gasteiger partial charge < -0.3 is 9.88 Å². The molecular formula is C13H13BrN2O. The molecule has 0 aliphatic rings. The minimum atomic E-state index is -0.0984. The lowest BCUT2D eigenvalue weighted by Gasteiger charge is -2.07. The number of nitrogens with zero attached hydrogens (tertiary/aromatic N) is 1. The molecule has 0 atom stereocenters. The summed E-state index contributed by atoms with van der Waals surface area (Å²) in [5.74, 6) is -0.0984. The summed E-state index contributed by atoms with van der Waals surface area (Å²) in [6, 6.07) is 11.3. The second-order valence-electron chi connectivity index (χ2n) is 3.88. The maximum Gasteiger partial charge on any atom is 0.272 e. The fraction of sp³-hybridized carbons (Fsp3) is 0.154. The van der Waals surface area contributed by atoms with Crippen molar-refractivity contribution in [2.24, 2.45) is 7.05 Å². The van der Waals surface area contributed by atoms with Gasteiger partial charge in [-0.25, -0.2) is 0 Å². The lowest BCUT2D eigenvalue weighted by atomic mass is 10.3. The Morgan fingerprint density at radius 3 is 2.65 bits per heavy atom. The number of amides is 1. The van der Waals surface area contributed by atoms with E-state index in [0.29, 0.717) is 5.69 Å². The van der Waals surface area contributed by atoms with Crippen LogP contribution in [0.3, 0.4) is 0 Å². The molecule has 0 aliphatic carbocycles. The molecule has 2 rings (SSSR count). The Hall–Kier alpha value is -1.55. The maximum atomic E-state index is 12.0. The molecule has 17 heavy (non-hydrogen) atoms. The van der Waals surface area contributed by atoms with E-state index in [-0.39, 0.29) is 5.91 Å². The fourth-order valence-corrected chi connectivity index (χ4v) is 2.00. The van der Waals surface area contributed by atoms with Crippen molar-refractivity contribution in [3.8, 4) is 0 Å². The minimum absolute atomic E-state index is 0.0984. The quantitative estimate of drug-likeness (QED) is 0.905. The summed E-state index contributed by atoms with van der Waals surface area (Å²) in [6.45, 7) is 1.97. The van der Waals surface area contributed by atoms with Gasteiger partial charge in [-0.15, -0.1) is 0 Å². The van der Waals surface area contributed by atoms with Crippen LogP contribution >= 0.6 is 15.9 Å². The maximum absolute atomic E-state index is 12.0. The predicted octanol–water partition coefficient (Wildman–Crippen LogP) is 3.35. The van der Waals surface area contributed by atoms with E-state index in [9.17, 15) is 4.79 Å². The first-order valence-corrected chi connectivity index (χ1v) is 6.06. The van der Waals surface area contributed by atoms with Crippen LogP contribution < -0.4 is 5.32 Å². The normalized spacial score (nSPS) is 10.3. The topological polar surface area (TPSA) is 34.0 Å². The third kappa shape index (κ3) is 2.58. The van der Waals surface area contributed by atoms with Crippen LogP contribution in [0.5, 0.6) is 0 Å². The number of rotatable bonds is 2. The van der Waals surface area contributed by atoms with Gasteiger partial charge in [-0.3, -0.25) is 4.79 Å². The van der Waals surface area contributed by atoms with Crippen LogP contribution in [-0.2, 0) is 7.05 Å². The van der Waals surface area contributed by atoms with Crippen molar-refractivity contribution in [3.05, 3.63) is 52.3 Å². The predicted molar refractivity (Wildman–Crippen MR) is 72.2 cm³/mol. The molecule has 1 aromatic carbocycles. The lowest BCUT2D eigenvalue weighted by Crippen LogP contribution is -2.15. The second kappa shape index (κ2) is 4.75. The summed E-state index contributed by atoms with van der Waals surface area (Å²) in [7, 11) is 1.88. The molecule has 3 nitrogen and oxygen atoms in total. The highest BCUT2D eigenvalue weighted by molar-refractivity contribution is 9.10. The highest BCUT2D eigenvalue weighted by atomic mass is 79.9. The Balaban J connectivity index is 2.20. The third-order valence-electron chi connectivity index (χ3n) is 2.69. The Kier molecular flexibility index (Phi) is 3.33. The molecule has 0 aliphatic heterocycles. The van der Waals surface area contributed by atoms with Crippen LogP contribution in [-0.4, -0.2) is 10.5 Å². The largest absolute Gasteiger partial charge is 0.344 e. The van der Waals surface area contributed by atoms with Crippen LogP contribution in [0.15, 0.2) is 40.9 Å². The first-order valence-electron chi connectivity index (χ1n) is 5.27. The zero-order chi connectivity index (χ0) is 12.4. The van der Waals surface area contributed by atoms with E-state index < -0.39 is 0 Å². The number of carbonyl (C=O) groups is 1. The molecule has 1 amide bonds. The van der Waals surface area contributed by atoms with E-state index in [2.05, 4.69) is 21.2 Å². The molecular weight excluding hydrogens is 280 g/mol. The van der Waals surface area contributed by atoms with E-state index >= 15 is 0 Å². The van der Waals surface area contributed by atoms with E-state index in [1.54, 1.807) is 0 Å². The van der Waals surface area contributed by atoms with Gasteiger partial charge in [0.05, 0.1) is 0 Å². The zero-order valence-electron chi connectivity index (χ0n) is 9.70. The standard InChI is InChI=1S/C13H13BrN2O/c1-9-6-7-12(16(9)2)13(17)15-11-5-3-4-10(14)8-11/h3-8H,1-2H3,(H,15,17). The van der Waals surface area contributed by atoms with Gasteiger partial charge in [-0.1, -0.05) is 22.0 Å². The SMILES string of the molecule is Cc1ccc(C(=O)Nc2cccc(Br)c2)n1C. The van der Waals surface area contributed by atoms with Crippen molar-refractivity contribution in [2.45, 2.75) is 6.92 Å². The summed E-state index contributed by atoms with van der Waals surface area (Å²) < 4.78 is 2.81. The summed E-state index contributed by atoms with van der Waals surface area (Å²) in [5.41, 5.74) is 2.50. The number of halogens is 1. The van der Waals surface area contributed by atoms with Crippen molar-refractivity contribution < 1.29 is 4.79 Å². The molecule has 1 aromatic heterocycles. The average Bonchev–Trinajstić information content (AvgIpc) is 2.60. The summed E-state index contributed by atoms with van der Waals surface area (Å²) in [6.07, 6.45) is 0. The van der Waals surface area contributed by atoms with Crippen LogP contribution in [0, 0.1) is 6.92 Å². The molecule has 0 bridgehead atoms. The summed E-state index contributed by atoms with van der Waals surface area (Å²) >= 11 is 3.37. The molecule has 1 heterocycles. The number of benzene rings is 1. The van der Waals surface area contributed by atoms with Crippen molar-refractivity contribution in [1.29, 1.82) is 0 Å². The Bertz CT molecular complexity index is 560. The number of nitrogens with one attached hydrogen (secondary N) is 1. The second-order valence-corrected chi connectivity index (χ2v) is 4.80. The van der Waals surface area contributed by atoms with Gasteiger partial charge in [0.2, 0.25) is 0 Å². The zero-order valence-corrected chi connectivity index (χ0v) is 11.3. The molecule has 2 aromatic rings. The molecule has 0 saturated carbocycles. The molecule has 88 valence electrons. The first-order chi connectivity index (χ1) is 8.08. The molecule has 0 unspecified atom stereocenters. The Morgan fingerprint density at radius 2 is 2.06 bits per heavy atom. The summed E-state index contributed by atoms with van der Waals surface area (Å²) in [4.78, 5) is 12.0. The molecule has 4 heteroatoms. The number of hydrogen-bond donors (Lipinski definition) is 1. The van der Waals surface area contributed by atoms with Crippen molar-refractivity contribution in [2.75, 3.05) is 5.32 Å². The van der Waals surface area contributed by atoms with Gasteiger partial charge in [0, 0.05) is 22.9 Å². The number of carbonyl (C=O) groups excluding carboxylic acids is 1. The van der Waals surface area contributed by atoms with Crippen LogP contribution in [0.4, 0.5) is 5.69 Å². The van der Waals surface area contributed by atoms with E-state index in [1.807, 2.05) is 54.9 Å². The van der Waals surface area contributed by atoms with Crippen LogP contribution in [0.1, 0.15) is 16.2 Å². The van der Waals surface area contributed by atoms with Crippen LogP contribution in [0.25, 0.3) is 0 Å². The van der Waals surface area contributed by atoms with E-state index in [1.165, 1.54) is 0 Å². The van der Waals surface area contributed by atoms with Gasteiger partial charge in [0.15, 0.2) is 0 Å². The van der Waals surface area contributed by atoms with E-state index in [4.69, 9.17) is 0 Å². The molecule has 1 N–H and O–H groups in total. The fourth-order valence-electron chi connectivity index (χ4n) is 1.60. The molecule has 0 radical (unpaired) electrons. The average molecular weight is 293 g/mol. The van der Waals surface area contributed by atoms with Crippen molar-refractivity contribution >= 4 is 27.5 Å². The third-order valence-corrected chi connectivity index (χ3v) is 3.18. The van der Waals surface area contributed by atoms with Crippen LogP contribution in [0.2, 0.25) is 0 Å². The van der Waals surface area contributed by atoms with Gasteiger partial charge >= 0.3 is 0 Å². The van der Waals surface area contributed by atoms with Gasteiger partial charge in [0.25, 0.3) is 5.91 Å². The van der Waals surface area contributed by atoms with Gasteiger partial charge in [-0.2, -0.15) is 0 Å². The smallest absolute Gasteiger partial charge is 0.272 e. The molecule has 0 saturated heterocycles. The Morgan fingerprint density at radius 1 is 1.29 bits per heavy atom. The van der Waals surface area contributed by atoms with Gasteiger partial charge in [-0.05, 0) is 37.3 Å². The minimum Gasteiger partial charge on any atom is -0.344 e. The first kappa shape index (κ1) is 11.9. The van der Waals surface area contributed by atoms with Gasteiger partial charge in [0.1, 0.15) is 5.69 Å². The number of anilines is 1. The van der Waals surface area contributed by atoms with E-state index in [0.717, 1.165) is 15.9 Å². The monoisotopic (exact) mass is 292 g/mol. The number of hydrogen-bond acceptors (Lipinski definition) is 1. The molecule has 0 fully saturated rings. The van der Waals surface area contributed by atoms with Crippen molar-refractivity contribution in [1.82, 2.24) is 4.57 Å². The lowest BCUT2D eigenvalue weighted by molar-refractivity contribution is 0.101. The molecule has 0 spiro atoms. The summed E-state index contributed by atoms with van der Waals surface area (Å²) in [5, 5.41) is 2.86.